The van der Waals surface area contributed by atoms with E-state index in [2.05, 4.69) is 20.7 Å². The maximum absolute atomic E-state index is 15.3. The highest BCUT2D eigenvalue weighted by atomic mass is 32.2. The van der Waals surface area contributed by atoms with E-state index in [1.165, 1.54) is 20.8 Å². The van der Waals surface area contributed by atoms with Crippen LogP contribution in [0, 0.1) is 12.7 Å². The van der Waals surface area contributed by atoms with Crippen molar-refractivity contribution < 1.29 is 22.3 Å². The standard InChI is InChI=1S/C32H39FN8O5S/c1-21-29(37-28-10-5-22(19-40(28)30(21)42)23-18-35-41(20-23)24-6-7-24)36-27-9-8-25(17-26(27)33)47(44,45)39-15-13-38(14-16-39)12-11-34-31(43)46-32(2,3)4/h5,8-10,17-20,24,36H,6-7,11-16H2,1-4H3,(H,34,43). The van der Waals surface area contributed by atoms with Crippen LogP contribution in [-0.2, 0) is 14.8 Å². The maximum Gasteiger partial charge on any atom is 0.407 e. The number of nitrogens with one attached hydrogen (secondary N) is 2. The molecule has 1 aliphatic carbocycles. The van der Waals surface area contributed by atoms with Gasteiger partial charge in [0.15, 0.2) is 0 Å². The first-order valence-electron chi connectivity index (χ1n) is 15.6. The van der Waals surface area contributed by atoms with Gasteiger partial charge in [0, 0.05) is 62.8 Å². The van der Waals surface area contributed by atoms with Crippen LogP contribution in [-0.4, -0.2) is 87.8 Å². The SMILES string of the molecule is Cc1c(Nc2ccc(S(=O)(=O)N3CCN(CCNC(=O)OC(C)(C)C)CC3)cc2F)nc2ccc(-c3cnn(C4CC4)c3)cn2c1=O. The quantitative estimate of drug-likeness (QED) is 0.272. The van der Waals surface area contributed by atoms with Crippen LogP contribution in [0.25, 0.3) is 16.8 Å². The van der Waals surface area contributed by atoms with E-state index in [4.69, 9.17) is 4.74 Å². The number of pyridine rings is 1. The van der Waals surface area contributed by atoms with Crippen molar-refractivity contribution in [3.63, 3.8) is 0 Å². The fourth-order valence-corrected chi connectivity index (χ4v) is 6.84. The van der Waals surface area contributed by atoms with E-state index in [0.29, 0.717) is 37.9 Å². The lowest BCUT2D eigenvalue weighted by Crippen LogP contribution is -2.50. The predicted octanol–water partition coefficient (Wildman–Crippen LogP) is 3.92. The number of carbonyl (C=O) groups excluding carboxylic acids is 1. The molecule has 4 heterocycles. The minimum atomic E-state index is -3.95. The molecule has 2 N–H and O–H groups in total. The zero-order chi connectivity index (χ0) is 33.5. The second-order valence-corrected chi connectivity index (χ2v) is 14.9. The van der Waals surface area contributed by atoms with Crippen LogP contribution in [0.1, 0.15) is 45.2 Å². The molecule has 2 aliphatic rings. The number of fused-ring (bicyclic) bond motifs is 1. The van der Waals surface area contributed by atoms with Crippen molar-refractivity contribution in [2.45, 2.75) is 57.1 Å². The van der Waals surface area contributed by atoms with Gasteiger partial charge in [0.2, 0.25) is 10.0 Å². The van der Waals surface area contributed by atoms with Gasteiger partial charge < -0.3 is 15.4 Å². The van der Waals surface area contributed by atoms with Crippen LogP contribution in [0.4, 0.5) is 20.7 Å². The van der Waals surface area contributed by atoms with Gasteiger partial charge in [0.25, 0.3) is 5.56 Å². The smallest absolute Gasteiger partial charge is 0.407 e. The minimum absolute atomic E-state index is 0.00489. The Morgan fingerprint density at radius 1 is 1.06 bits per heavy atom. The van der Waals surface area contributed by atoms with Crippen LogP contribution in [0.5, 0.6) is 0 Å². The Balaban J connectivity index is 1.10. The number of benzene rings is 1. The highest BCUT2D eigenvalue weighted by Crippen LogP contribution is 2.35. The molecule has 1 saturated heterocycles. The molecule has 0 bridgehead atoms. The summed E-state index contributed by atoms with van der Waals surface area (Å²) < 4.78 is 52.0. The van der Waals surface area contributed by atoms with E-state index in [1.807, 2.05) is 21.8 Å². The summed E-state index contributed by atoms with van der Waals surface area (Å²) in [5, 5.41) is 10.0. The summed E-state index contributed by atoms with van der Waals surface area (Å²) in [5.41, 5.74) is 1.48. The minimum Gasteiger partial charge on any atom is -0.444 e. The normalized spacial score (nSPS) is 16.4. The molecule has 4 aromatic rings. The van der Waals surface area contributed by atoms with Crippen molar-refractivity contribution in [3.05, 3.63) is 70.7 Å². The van der Waals surface area contributed by atoms with Crippen molar-refractivity contribution in [2.75, 3.05) is 44.6 Å². The lowest BCUT2D eigenvalue weighted by atomic mass is 10.1. The summed E-state index contributed by atoms with van der Waals surface area (Å²) in [6, 6.07) is 7.68. The molecule has 2 fully saturated rings. The molecular weight excluding hydrogens is 627 g/mol. The molecule has 1 amide bonds. The second kappa shape index (κ2) is 12.7. The lowest BCUT2D eigenvalue weighted by Gasteiger charge is -2.34. The molecule has 0 spiro atoms. The average molecular weight is 667 g/mol. The second-order valence-electron chi connectivity index (χ2n) is 12.9. The maximum atomic E-state index is 15.3. The number of amides is 1. The first kappa shape index (κ1) is 32.6. The van der Waals surface area contributed by atoms with Crippen molar-refractivity contribution >= 4 is 33.3 Å². The molecule has 13 nitrogen and oxygen atoms in total. The van der Waals surface area contributed by atoms with Gasteiger partial charge in [-0.3, -0.25) is 18.8 Å². The fraction of sp³-hybridized carbons (Fsp3) is 0.438. The number of carbonyl (C=O) groups is 1. The molecule has 3 aromatic heterocycles. The molecule has 1 aromatic carbocycles. The molecule has 0 atom stereocenters. The Labute approximate surface area is 272 Å². The number of aromatic nitrogens is 4. The van der Waals surface area contributed by atoms with Crippen molar-refractivity contribution in [3.8, 4) is 11.1 Å². The molecule has 0 radical (unpaired) electrons. The summed E-state index contributed by atoms with van der Waals surface area (Å²) in [7, 11) is -3.95. The van der Waals surface area contributed by atoms with Crippen LogP contribution >= 0.6 is 0 Å². The number of halogens is 1. The van der Waals surface area contributed by atoms with Gasteiger partial charge in [0.05, 0.1) is 28.4 Å². The van der Waals surface area contributed by atoms with Gasteiger partial charge in [0.1, 0.15) is 22.9 Å². The number of rotatable bonds is 9. The van der Waals surface area contributed by atoms with Gasteiger partial charge in [-0.05, 0) is 70.9 Å². The first-order chi connectivity index (χ1) is 22.3. The molecule has 47 heavy (non-hydrogen) atoms. The van der Waals surface area contributed by atoms with Crippen LogP contribution < -0.4 is 16.2 Å². The number of alkyl carbamates (subject to hydrolysis) is 1. The van der Waals surface area contributed by atoms with Crippen molar-refractivity contribution in [2.24, 2.45) is 0 Å². The van der Waals surface area contributed by atoms with E-state index >= 15 is 4.39 Å². The van der Waals surface area contributed by atoms with Crippen LogP contribution in [0.2, 0.25) is 0 Å². The molecular formula is C32H39FN8O5S. The van der Waals surface area contributed by atoms with Gasteiger partial charge in [-0.15, -0.1) is 0 Å². The Kier molecular flexibility index (Phi) is 8.80. The summed E-state index contributed by atoms with van der Waals surface area (Å²) in [4.78, 5) is 31.6. The summed E-state index contributed by atoms with van der Waals surface area (Å²) in [6.45, 7) is 9.26. The Hall–Kier alpha value is -4.34. The number of hydrogen-bond donors (Lipinski definition) is 2. The summed E-state index contributed by atoms with van der Waals surface area (Å²) in [5.74, 6) is -0.613. The zero-order valence-corrected chi connectivity index (χ0v) is 27.7. The van der Waals surface area contributed by atoms with E-state index in [9.17, 15) is 18.0 Å². The number of sulfonamides is 1. The largest absolute Gasteiger partial charge is 0.444 e. The van der Waals surface area contributed by atoms with Crippen molar-refractivity contribution in [1.82, 2.24) is 33.7 Å². The van der Waals surface area contributed by atoms with Crippen LogP contribution in [0.15, 0.2) is 58.6 Å². The fourth-order valence-electron chi connectivity index (χ4n) is 5.40. The number of nitrogens with zero attached hydrogens (tertiary/aromatic N) is 6. The summed E-state index contributed by atoms with van der Waals surface area (Å²) >= 11 is 0. The number of piperazine rings is 1. The first-order valence-corrected chi connectivity index (χ1v) is 17.1. The summed E-state index contributed by atoms with van der Waals surface area (Å²) in [6.07, 6.45) is 7.21. The predicted molar refractivity (Wildman–Crippen MR) is 175 cm³/mol. The monoisotopic (exact) mass is 666 g/mol. The van der Waals surface area contributed by atoms with E-state index in [-0.39, 0.29) is 40.6 Å². The molecule has 1 aliphatic heterocycles. The zero-order valence-electron chi connectivity index (χ0n) is 26.9. The third kappa shape index (κ3) is 7.31. The highest BCUT2D eigenvalue weighted by molar-refractivity contribution is 7.89. The molecule has 6 rings (SSSR count). The van der Waals surface area contributed by atoms with Gasteiger partial charge >= 0.3 is 6.09 Å². The van der Waals surface area contributed by atoms with E-state index in [0.717, 1.165) is 30.0 Å². The van der Waals surface area contributed by atoms with E-state index < -0.39 is 27.5 Å². The Bertz CT molecular complexity index is 1980. The number of anilines is 2. The van der Waals surface area contributed by atoms with Gasteiger partial charge in [-0.2, -0.15) is 9.40 Å². The molecule has 250 valence electrons. The molecule has 0 unspecified atom stereocenters. The third-order valence-electron chi connectivity index (χ3n) is 8.16. The Morgan fingerprint density at radius 2 is 1.81 bits per heavy atom. The van der Waals surface area contributed by atoms with Crippen molar-refractivity contribution in [1.29, 1.82) is 0 Å². The Morgan fingerprint density at radius 3 is 2.49 bits per heavy atom. The number of ether oxygens (including phenoxy) is 1. The molecule has 1 saturated carbocycles. The lowest BCUT2D eigenvalue weighted by molar-refractivity contribution is 0.0519. The number of hydrogen-bond acceptors (Lipinski definition) is 9. The van der Waals surface area contributed by atoms with Gasteiger partial charge in [-0.25, -0.2) is 22.6 Å². The molecule has 15 heteroatoms. The topological polar surface area (TPSA) is 143 Å². The van der Waals surface area contributed by atoms with E-state index in [1.54, 1.807) is 46.2 Å². The third-order valence-corrected chi connectivity index (χ3v) is 10.1. The van der Waals surface area contributed by atoms with Crippen LogP contribution in [0.3, 0.4) is 0 Å². The highest BCUT2D eigenvalue weighted by Gasteiger charge is 2.29. The van der Waals surface area contributed by atoms with Gasteiger partial charge in [-0.1, -0.05) is 0 Å². The average Bonchev–Trinajstić information content (AvgIpc) is 3.76.